The van der Waals surface area contributed by atoms with Crippen LogP contribution < -0.4 is 9.47 Å². The van der Waals surface area contributed by atoms with Gasteiger partial charge in [0.2, 0.25) is 0 Å². The van der Waals surface area contributed by atoms with Crippen LogP contribution in [0.3, 0.4) is 0 Å². The van der Waals surface area contributed by atoms with Crippen molar-refractivity contribution in [2.45, 2.75) is 12.3 Å². The van der Waals surface area contributed by atoms with E-state index in [9.17, 15) is 19.8 Å². The summed E-state index contributed by atoms with van der Waals surface area (Å²) in [6, 6.07) is 14.0. The van der Waals surface area contributed by atoms with E-state index in [1.807, 2.05) is 0 Å². The molecule has 4 rings (SSSR count). The fourth-order valence-electron chi connectivity index (χ4n) is 3.58. The zero-order valence-corrected chi connectivity index (χ0v) is 16.6. The predicted molar refractivity (Wildman–Crippen MR) is 110 cm³/mol. The highest BCUT2D eigenvalue weighted by molar-refractivity contribution is 6.30. The number of hydrogen-bond acceptors (Lipinski definition) is 6. The van der Waals surface area contributed by atoms with Crippen LogP contribution in [0.15, 0.2) is 54.6 Å². The Hall–Kier alpha value is -3.51. The highest BCUT2D eigenvalue weighted by Crippen LogP contribution is 2.46. The minimum atomic E-state index is -0.575. The maximum Gasteiger partial charge on any atom is 0.312 e. The van der Waals surface area contributed by atoms with Crippen molar-refractivity contribution in [3.05, 3.63) is 81.9 Å². The maximum atomic E-state index is 13.0. The third-order valence-corrected chi connectivity index (χ3v) is 5.33. The summed E-state index contributed by atoms with van der Waals surface area (Å²) in [6.07, 6.45) is -0.0346. The Morgan fingerprint density at radius 3 is 2.53 bits per heavy atom. The molecule has 0 saturated heterocycles. The van der Waals surface area contributed by atoms with E-state index in [-0.39, 0.29) is 40.8 Å². The van der Waals surface area contributed by atoms with Gasteiger partial charge in [0.25, 0.3) is 0 Å². The molecule has 1 aliphatic heterocycles. The Morgan fingerprint density at radius 2 is 1.83 bits per heavy atom. The van der Waals surface area contributed by atoms with Crippen LogP contribution in [0.1, 0.15) is 39.4 Å². The molecule has 0 bridgehead atoms. The molecule has 0 radical (unpaired) electrons. The van der Waals surface area contributed by atoms with Crippen LogP contribution in [0.25, 0.3) is 0 Å². The molecule has 0 aliphatic carbocycles. The van der Waals surface area contributed by atoms with Gasteiger partial charge in [-0.15, -0.1) is 0 Å². The first-order valence-corrected chi connectivity index (χ1v) is 9.50. The van der Waals surface area contributed by atoms with Crippen molar-refractivity contribution in [3.63, 3.8) is 0 Å². The number of carbonyl (C=O) groups is 2. The Labute approximate surface area is 177 Å². The van der Waals surface area contributed by atoms with Gasteiger partial charge in [-0.2, -0.15) is 0 Å². The number of methoxy groups -OCH3 is 1. The van der Waals surface area contributed by atoms with Crippen molar-refractivity contribution in [1.82, 2.24) is 0 Å². The Bertz CT molecular complexity index is 1150. The number of benzene rings is 3. The normalized spacial score (nSPS) is 15.3. The van der Waals surface area contributed by atoms with Crippen molar-refractivity contribution < 1.29 is 29.3 Å². The summed E-state index contributed by atoms with van der Waals surface area (Å²) in [4.78, 5) is 25.1. The first kappa shape index (κ1) is 19.8. The van der Waals surface area contributed by atoms with Gasteiger partial charge in [0, 0.05) is 22.1 Å². The van der Waals surface area contributed by atoms with Crippen LogP contribution in [-0.4, -0.2) is 29.1 Å². The van der Waals surface area contributed by atoms with Gasteiger partial charge < -0.3 is 19.7 Å². The van der Waals surface area contributed by atoms with E-state index < -0.39 is 11.9 Å². The second-order valence-electron chi connectivity index (χ2n) is 6.87. The van der Waals surface area contributed by atoms with E-state index >= 15 is 0 Å². The molecule has 0 unspecified atom stereocenters. The number of phenolic OH excluding ortho intramolecular Hbond substituents is 2. The van der Waals surface area contributed by atoms with Crippen LogP contribution >= 0.6 is 11.6 Å². The van der Waals surface area contributed by atoms with E-state index in [1.54, 1.807) is 36.4 Å². The van der Waals surface area contributed by atoms with Gasteiger partial charge in [0.05, 0.1) is 19.1 Å². The molecule has 30 heavy (non-hydrogen) atoms. The number of fused-ring (bicyclic) bond motifs is 1. The molecule has 0 fully saturated rings. The summed E-state index contributed by atoms with van der Waals surface area (Å²) in [7, 11) is 1.42. The minimum Gasteiger partial charge on any atom is -0.507 e. The fourth-order valence-corrected chi connectivity index (χ4v) is 3.71. The van der Waals surface area contributed by atoms with Gasteiger partial charge in [-0.1, -0.05) is 17.7 Å². The molecular formula is C23H17ClO6. The molecule has 0 saturated carbocycles. The molecule has 1 aliphatic rings. The summed E-state index contributed by atoms with van der Waals surface area (Å²) >= 11 is 5.89. The molecule has 0 aromatic heterocycles. The largest absolute Gasteiger partial charge is 0.507 e. The van der Waals surface area contributed by atoms with Gasteiger partial charge in [-0.05, 0) is 54.1 Å². The van der Waals surface area contributed by atoms with E-state index in [0.29, 0.717) is 21.7 Å². The molecule has 0 spiro atoms. The highest BCUT2D eigenvalue weighted by Gasteiger charge is 2.33. The summed E-state index contributed by atoms with van der Waals surface area (Å²) in [5, 5.41) is 21.4. The molecule has 3 aromatic rings. The second kappa shape index (κ2) is 7.72. The van der Waals surface area contributed by atoms with Crippen molar-refractivity contribution in [2.24, 2.45) is 0 Å². The van der Waals surface area contributed by atoms with Crippen LogP contribution in [0.5, 0.6) is 23.0 Å². The SMILES string of the molecule is COc1cc([C@@H]2CC(=O)Oc3ccc(C(=O)c4ccc(Cl)cc4)c(O)c32)ccc1O. The summed E-state index contributed by atoms with van der Waals surface area (Å²) < 4.78 is 10.4. The lowest BCUT2D eigenvalue weighted by molar-refractivity contribution is -0.135. The van der Waals surface area contributed by atoms with E-state index in [0.717, 1.165) is 0 Å². The molecule has 1 heterocycles. The van der Waals surface area contributed by atoms with Gasteiger partial charge in [-0.3, -0.25) is 9.59 Å². The molecule has 3 aromatic carbocycles. The zero-order chi connectivity index (χ0) is 21.4. The average molecular weight is 425 g/mol. The summed E-state index contributed by atoms with van der Waals surface area (Å²) in [5.74, 6) is -1.29. The number of ketones is 1. The van der Waals surface area contributed by atoms with Crippen LogP contribution in [0.2, 0.25) is 5.02 Å². The lowest BCUT2D eigenvalue weighted by Crippen LogP contribution is -2.22. The number of ether oxygens (including phenoxy) is 2. The minimum absolute atomic E-state index is 0.0346. The van der Waals surface area contributed by atoms with Gasteiger partial charge in [0.1, 0.15) is 11.5 Å². The number of hydrogen-bond donors (Lipinski definition) is 2. The second-order valence-corrected chi connectivity index (χ2v) is 7.31. The van der Waals surface area contributed by atoms with E-state index in [2.05, 4.69) is 0 Å². The topological polar surface area (TPSA) is 93.1 Å². The van der Waals surface area contributed by atoms with Crippen molar-refractivity contribution in [1.29, 1.82) is 0 Å². The molecule has 7 heteroatoms. The summed E-state index contributed by atoms with van der Waals surface area (Å²) in [5.41, 5.74) is 1.42. The standard InChI is InChI=1S/C23H17ClO6/c1-29-19-10-13(4-8-17(19)25)16-11-20(26)30-18-9-7-15(23(28)21(16)18)22(27)12-2-5-14(24)6-3-12/h2-10,16,25,28H,11H2,1H3/t16-/m0/s1. The number of aromatic hydroxyl groups is 2. The fraction of sp³-hybridized carbons (Fsp3) is 0.130. The Balaban J connectivity index is 1.83. The van der Waals surface area contributed by atoms with Gasteiger partial charge in [-0.25, -0.2) is 0 Å². The first-order chi connectivity index (χ1) is 14.4. The molecule has 1 atom stereocenters. The molecule has 2 N–H and O–H groups in total. The van der Waals surface area contributed by atoms with Crippen molar-refractivity contribution in [3.8, 4) is 23.0 Å². The highest BCUT2D eigenvalue weighted by atomic mass is 35.5. The summed E-state index contributed by atoms with van der Waals surface area (Å²) in [6.45, 7) is 0. The zero-order valence-electron chi connectivity index (χ0n) is 15.9. The van der Waals surface area contributed by atoms with Crippen molar-refractivity contribution >= 4 is 23.4 Å². The monoisotopic (exact) mass is 424 g/mol. The number of esters is 1. The lowest BCUT2D eigenvalue weighted by Gasteiger charge is -2.27. The molecule has 152 valence electrons. The molecule has 6 nitrogen and oxygen atoms in total. The van der Waals surface area contributed by atoms with Crippen molar-refractivity contribution in [2.75, 3.05) is 7.11 Å². The van der Waals surface area contributed by atoms with E-state index in [4.69, 9.17) is 21.1 Å². The van der Waals surface area contributed by atoms with E-state index in [1.165, 1.54) is 25.3 Å². The quantitative estimate of drug-likeness (QED) is 0.365. The Kier molecular flexibility index (Phi) is 5.10. The molecule has 0 amide bonds. The Morgan fingerprint density at radius 1 is 1.10 bits per heavy atom. The van der Waals surface area contributed by atoms with Gasteiger partial charge in [0.15, 0.2) is 17.3 Å². The third-order valence-electron chi connectivity index (χ3n) is 5.08. The average Bonchev–Trinajstić information content (AvgIpc) is 2.74. The lowest BCUT2D eigenvalue weighted by atomic mass is 9.84. The third kappa shape index (κ3) is 3.46. The number of carbonyl (C=O) groups excluding carboxylic acids is 2. The van der Waals surface area contributed by atoms with Crippen LogP contribution in [0.4, 0.5) is 0 Å². The molecular weight excluding hydrogens is 408 g/mol. The van der Waals surface area contributed by atoms with Crippen LogP contribution in [-0.2, 0) is 4.79 Å². The van der Waals surface area contributed by atoms with Gasteiger partial charge >= 0.3 is 5.97 Å². The maximum absolute atomic E-state index is 13.0. The number of phenols is 2. The predicted octanol–water partition coefficient (Wildman–Crippen LogP) is 4.43. The number of halogens is 1. The van der Waals surface area contributed by atoms with Crippen LogP contribution in [0, 0.1) is 0 Å². The first-order valence-electron chi connectivity index (χ1n) is 9.12. The number of rotatable bonds is 4. The smallest absolute Gasteiger partial charge is 0.312 e.